The van der Waals surface area contributed by atoms with Crippen molar-refractivity contribution in [2.24, 2.45) is 0 Å². The summed E-state index contributed by atoms with van der Waals surface area (Å²) in [6.45, 7) is 1.68. The van der Waals surface area contributed by atoms with E-state index < -0.39 is 0 Å². The van der Waals surface area contributed by atoms with Gasteiger partial charge in [0.25, 0.3) is 5.91 Å². The normalized spacial score (nSPS) is 18.0. The smallest absolute Gasteiger partial charge is 0.271 e. The van der Waals surface area contributed by atoms with Crippen molar-refractivity contribution in [1.29, 1.82) is 0 Å². The molecule has 1 atom stereocenters. The molecule has 1 aromatic heterocycles. The second-order valence-electron chi connectivity index (χ2n) is 7.95. The zero-order valence-electron chi connectivity index (χ0n) is 17.5. The van der Waals surface area contributed by atoms with E-state index in [1.807, 2.05) is 41.3 Å². The average Bonchev–Trinajstić information content (AvgIpc) is 3.42. The molecule has 3 heterocycles. The molecule has 1 N–H and O–H groups in total. The lowest BCUT2D eigenvalue weighted by molar-refractivity contribution is 0.0748. The van der Waals surface area contributed by atoms with Gasteiger partial charge in [-0.25, -0.2) is 0 Å². The summed E-state index contributed by atoms with van der Waals surface area (Å²) in [4.78, 5) is 15.2. The predicted octanol–water partition coefficient (Wildman–Crippen LogP) is 4.22. The molecule has 2 aliphatic rings. The van der Waals surface area contributed by atoms with Crippen molar-refractivity contribution >= 4 is 5.91 Å². The molecule has 1 unspecified atom stereocenters. The summed E-state index contributed by atoms with van der Waals surface area (Å²) in [6, 6.07) is 15.7. The number of nitrogens with zero attached hydrogens (tertiary/aromatic N) is 2. The SMILES string of the molecule is COc1ccc(C2CCCCN(C(=O)c3cc(-c4ccc5c(c4)OCO5)n[nH]3)C2)cc1. The van der Waals surface area contributed by atoms with Gasteiger partial charge in [-0.1, -0.05) is 18.6 Å². The van der Waals surface area contributed by atoms with E-state index in [9.17, 15) is 4.79 Å². The number of hydrogen-bond acceptors (Lipinski definition) is 5. The third-order valence-electron chi connectivity index (χ3n) is 6.02. The molecule has 0 bridgehead atoms. The van der Waals surface area contributed by atoms with E-state index in [0.717, 1.165) is 42.9 Å². The van der Waals surface area contributed by atoms with Crippen molar-refractivity contribution in [1.82, 2.24) is 15.1 Å². The van der Waals surface area contributed by atoms with Gasteiger partial charge in [0, 0.05) is 24.6 Å². The van der Waals surface area contributed by atoms with Crippen LogP contribution in [-0.2, 0) is 0 Å². The Kier molecular flexibility index (Phi) is 5.24. The van der Waals surface area contributed by atoms with Gasteiger partial charge in [0.1, 0.15) is 11.4 Å². The van der Waals surface area contributed by atoms with Crippen molar-refractivity contribution in [2.45, 2.75) is 25.2 Å². The second kappa shape index (κ2) is 8.34. The number of benzene rings is 2. The highest BCUT2D eigenvalue weighted by Gasteiger charge is 2.25. The standard InChI is InChI=1S/C24H25N3O4/c1-29-19-8-5-16(6-9-19)18-4-2-3-11-27(14-18)24(28)21-13-20(25-26-21)17-7-10-22-23(12-17)31-15-30-22/h5-10,12-13,18H,2-4,11,14-15H2,1H3,(H,25,26). The number of carbonyl (C=O) groups excluding carboxylic acids is 1. The van der Waals surface area contributed by atoms with E-state index in [2.05, 4.69) is 22.3 Å². The molecule has 160 valence electrons. The van der Waals surface area contributed by atoms with Crippen LogP contribution >= 0.6 is 0 Å². The molecular weight excluding hydrogens is 394 g/mol. The fraction of sp³-hybridized carbons (Fsp3) is 0.333. The van der Waals surface area contributed by atoms with Crippen LogP contribution in [0.15, 0.2) is 48.5 Å². The van der Waals surface area contributed by atoms with Gasteiger partial charge >= 0.3 is 0 Å². The molecule has 0 saturated carbocycles. The minimum Gasteiger partial charge on any atom is -0.497 e. The molecule has 5 rings (SSSR count). The van der Waals surface area contributed by atoms with E-state index in [1.54, 1.807) is 7.11 Å². The number of H-pyrrole nitrogens is 1. The fourth-order valence-electron chi connectivity index (χ4n) is 4.28. The summed E-state index contributed by atoms with van der Waals surface area (Å²) in [6.07, 6.45) is 3.18. The number of aromatic amines is 1. The van der Waals surface area contributed by atoms with Gasteiger partial charge in [-0.05, 0) is 54.8 Å². The van der Waals surface area contributed by atoms with Gasteiger partial charge < -0.3 is 19.1 Å². The minimum absolute atomic E-state index is 0.0140. The Morgan fingerprint density at radius 1 is 1.10 bits per heavy atom. The van der Waals surface area contributed by atoms with Gasteiger partial charge in [0.05, 0.1) is 12.8 Å². The topological polar surface area (TPSA) is 76.7 Å². The fourth-order valence-corrected chi connectivity index (χ4v) is 4.28. The van der Waals surface area contributed by atoms with E-state index in [4.69, 9.17) is 14.2 Å². The number of aromatic nitrogens is 2. The van der Waals surface area contributed by atoms with Gasteiger partial charge in [-0.2, -0.15) is 5.10 Å². The maximum Gasteiger partial charge on any atom is 0.271 e. The first-order valence-corrected chi connectivity index (χ1v) is 10.6. The monoisotopic (exact) mass is 419 g/mol. The predicted molar refractivity (Wildman–Crippen MR) is 116 cm³/mol. The summed E-state index contributed by atoms with van der Waals surface area (Å²) in [5.74, 6) is 2.57. The van der Waals surface area contributed by atoms with E-state index in [0.29, 0.717) is 29.6 Å². The lowest BCUT2D eigenvalue weighted by Crippen LogP contribution is -2.34. The molecule has 1 fully saturated rings. The Bertz CT molecular complexity index is 1080. The van der Waals surface area contributed by atoms with Crippen LogP contribution < -0.4 is 14.2 Å². The number of nitrogens with one attached hydrogen (secondary N) is 1. The molecule has 31 heavy (non-hydrogen) atoms. The molecule has 1 amide bonds. The summed E-state index contributed by atoms with van der Waals surface area (Å²) >= 11 is 0. The highest BCUT2D eigenvalue weighted by atomic mass is 16.7. The molecular formula is C24H25N3O4. The summed E-state index contributed by atoms with van der Waals surface area (Å²) < 4.78 is 16.1. The number of ether oxygens (including phenoxy) is 3. The van der Waals surface area contributed by atoms with Crippen molar-refractivity contribution in [3.05, 3.63) is 59.8 Å². The Balaban J connectivity index is 1.33. The van der Waals surface area contributed by atoms with Crippen LogP contribution in [0.2, 0.25) is 0 Å². The Morgan fingerprint density at radius 3 is 2.77 bits per heavy atom. The third-order valence-corrected chi connectivity index (χ3v) is 6.02. The van der Waals surface area contributed by atoms with E-state index in [1.165, 1.54) is 5.56 Å². The Morgan fingerprint density at radius 2 is 1.94 bits per heavy atom. The molecule has 0 radical (unpaired) electrons. The molecule has 0 spiro atoms. The van der Waals surface area contributed by atoms with Crippen LogP contribution in [0.3, 0.4) is 0 Å². The number of methoxy groups -OCH3 is 1. The number of likely N-dealkylation sites (tertiary alicyclic amines) is 1. The van der Waals surface area contributed by atoms with Gasteiger partial charge in [0.15, 0.2) is 11.5 Å². The first-order chi connectivity index (χ1) is 15.2. The first-order valence-electron chi connectivity index (χ1n) is 10.6. The molecule has 7 heteroatoms. The lowest BCUT2D eigenvalue weighted by atomic mass is 9.94. The molecule has 7 nitrogen and oxygen atoms in total. The van der Waals surface area contributed by atoms with Gasteiger partial charge in [-0.15, -0.1) is 0 Å². The Labute approximate surface area is 180 Å². The number of rotatable bonds is 4. The molecule has 3 aromatic rings. The maximum atomic E-state index is 13.3. The quantitative estimate of drug-likeness (QED) is 0.685. The molecule has 2 aliphatic heterocycles. The van der Waals surface area contributed by atoms with Crippen LogP contribution in [0.4, 0.5) is 0 Å². The molecule has 1 saturated heterocycles. The van der Waals surface area contributed by atoms with Crippen molar-refractivity contribution in [3.63, 3.8) is 0 Å². The maximum absolute atomic E-state index is 13.3. The second-order valence-corrected chi connectivity index (χ2v) is 7.95. The van der Waals surface area contributed by atoms with Crippen LogP contribution in [-0.4, -0.2) is 48.0 Å². The van der Waals surface area contributed by atoms with Crippen molar-refractivity contribution in [3.8, 4) is 28.5 Å². The van der Waals surface area contributed by atoms with Crippen molar-refractivity contribution in [2.75, 3.05) is 27.0 Å². The average molecular weight is 419 g/mol. The third kappa shape index (κ3) is 3.95. The summed E-state index contributed by atoms with van der Waals surface area (Å²) in [7, 11) is 1.67. The van der Waals surface area contributed by atoms with E-state index in [-0.39, 0.29) is 12.7 Å². The van der Waals surface area contributed by atoms with Crippen LogP contribution in [0.25, 0.3) is 11.3 Å². The summed E-state index contributed by atoms with van der Waals surface area (Å²) in [5.41, 5.74) is 3.34. The summed E-state index contributed by atoms with van der Waals surface area (Å²) in [5, 5.41) is 7.29. The first kappa shape index (κ1) is 19.5. The number of hydrogen-bond donors (Lipinski definition) is 1. The Hall–Kier alpha value is -3.48. The molecule has 0 aliphatic carbocycles. The van der Waals surface area contributed by atoms with Crippen LogP contribution in [0.5, 0.6) is 17.2 Å². The highest BCUT2D eigenvalue weighted by molar-refractivity contribution is 5.93. The highest BCUT2D eigenvalue weighted by Crippen LogP contribution is 2.35. The zero-order chi connectivity index (χ0) is 21.2. The number of carbonyl (C=O) groups is 1. The van der Waals surface area contributed by atoms with Crippen LogP contribution in [0, 0.1) is 0 Å². The largest absolute Gasteiger partial charge is 0.497 e. The lowest BCUT2D eigenvalue weighted by Gasteiger charge is -2.24. The van der Waals surface area contributed by atoms with Gasteiger partial charge in [-0.3, -0.25) is 9.89 Å². The van der Waals surface area contributed by atoms with Crippen LogP contribution in [0.1, 0.15) is 41.2 Å². The molecule has 2 aromatic carbocycles. The minimum atomic E-state index is -0.0140. The number of fused-ring (bicyclic) bond motifs is 1. The van der Waals surface area contributed by atoms with Crippen molar-refractivity contribution < 1.29 is 19.0 Å². The van der Waals surface area contributed by atoms with Gasteiger partial charge in [0.2, 0.25) is 6.79 Å². The zero-order valence-corrected chi connectivity index (χ0v) is 17.5. The number of amides is 1. The van der Waals surface area contributed by atoms with E-state index >= 15 is 0 Å².